The van der Waals surface area contributed by atoms with E-state index in [1.807, 2.05) is 17.9 Å². The molecule has 3 aromatic rings. The fourth-order valence-corrected chi connectivity index (χ4v) is 2.51. The number of amides is 1. The predicted octanol–water partition coefficient (Wildman–Crippen LogP) is 1.68. The summed E-state index contributed by atoms with van der Waals surface area (Å²) in [5, 5.41) is 6.96. The van der Waals surface area contributed by atoms with Gasteiger partial charge in [0.05, 0.1) is 24.0 Å². The molecule has 0 saturated heterocycles. The number of hydrogen-bond donors (Lipinski definition) is 2. The van der Waals surface area contributed by atoms with Gasteiger partial charge in [0.2, 0.25) is 5.91 Å². The number of nitrogens with one attached hydrogen (secondary N) is 2. The summed E-state index contributed by atoms with van der Waals surface area (Å²) in [6.45, 7) is 4.83. The normalized spacial score (nSPS) is 11.2. The van der Waals surface area contributed by atoms with Crippen LogP contribution in [0.25, 0.3) is 10.9 Å². The first-order valence-electron chi connectivity index (χ1n) is 7.98. The summed E-state index contributed by atoms with van der Waals surface area (Å²) in [4.78, 5) is 33.4. The molecule has 25 heavy (non-hydrogen) atoms. The van der Waals surface area contributed by atoms with E-state index in [0.717, 1.165) is 0 Å². The number of carbonyl (C=O) groups excluding carboxylic acids is 1. The zero-order valence-electron chi connectivity index (χ0n) is 14.1. The van der Waals surface area contributed by atoms with Crippen LogP contribution in [0.4, 0.5) is 5.82 Å². The number of aryl methyl sites for hydroxylation is 1. The van der Waals surface area contributed by atoms with Crippen LogP contribution in [-0.2, 0) is 11.3 Å². The smallest absolute Gasteiger partial charge is 0.258 e. The molecule has 0 radical (unpaired) electrons. The van der Waals surface area contributed by atoms with Crippen molar-refractivity contribution >= 4 is 22.6 Å². The summed E-state index contributed by atoms with van der Waals surface area (Å²) in [6, 6.07) is 8.81. The lowest BCUT2D eigenvalue weighted by molar-refractivity contribution is -0.117. The van der Waals surface area contributed by atoms with Gasteiger partial charge in [-0.2, -0.15) is 0 Å². The number of likely N-dealkylation sites (N-methyl/N-ethyl adjacent to an activating group) is 1. The molecule has 0 atom stereocenters. The van der Waals surface area contributed by atoms with Crippen molar-refractivity contribution in [3.05, 3.63) is 52.3 Å². The van der Waals surface area contributed by atoms with Gasteiger partial charge < -0.3 is 14.8 Å². The standard InChI is InChI=1S/C17H19N5O3/c1-3-22(10-16(23)19-14-8-11(2)25-21-14)9-15-18-13-7-5-4-6-12(13)17(24)20-15/h4-8H,3,9-10H2,1-2H3,(H,18,20,24)(H,19,21,23). The molecule has 0 fully saturated rings. The van der Waals surface area contributed by atoms with Gasteiger partial charge in [-0.15, -0.1) is 0 Å². The van der Waals surface area contributed by atoms with Crippen molar-refractivity contribution in [1.82, 2.24) is 20.0 Å². The number of benzene rings is 1. The Morgan fingerprint density at radius 1 is 1.36 bits per heavy atom. The lowest BCUT2D eigenvalue weighted by atomic mass is 10.2. The Labute approximate surface area is 143 Å². The van der Waals surface area contributed by atoms with E-state index in [0.29, 0.717) is 41.4 Å². The second-order valence-corrected chi connectivity index (χ2v) is 5.70. The van der Waals surface area contributed by atoms with Crippen molar-refractivity contribution in [2.45, 2.75) is 20.4 Å². The molecule has 2 aromatic heterocycles. The lowest BCUT2D eigenvalue weighted by Gasteiger charge is -2.18. The summed E-state index contributed by atoms with van der Waals surface area (Å²) in [5.74, 6) is 1.32. The lowest BCUT2D eigenvalue weighted by Crippen LogP contribution is -2.34. The van der Waals surface area contributed by atoms with Gasteiger partial charge in [0.15, 0.2) is 5.82 Å². The van der Waals surface area contributed by atoms with Crippen LogP contribution in [0.3, 0.4) is 0 Å². The number of aromatic nitrogens is 3. The van der Waals surface area contributed by atoms with Crippen molar-refractivity contribution in [3.8, 4) is 0 Å². The molecule has 8 nitrogen and oxygen atoms in total. The van der Waals surface area contributed by atoms with E-state index in [2.05, 4.69) is 20.4 Å². The Hall–Kier alpha value is -3.00. The van der Waals surface area contributed by atoms with Crippen LogP contribution in [0.15, 0.2) is 39.6 Å². The van der Waals surface area contributed by atoms with Crippen molar-refractivity contribution in [1.29, 1.82) is 0 Å². The first-order chi connectivity index (χ1) is 12.0. The number of rotatable bonds is 6. The SMILES string of the molecule is CCN(CC(=O)Nc1cc(C)on1)Cc1nc2ccccc2c(=O)[nH]1. The molecular weight excluding hydrogens is 322 g/mol. The molecule has 2 heterocycles. The highest BCUT2D eigenvalue weighted by molar-refractivity contribution is 5.91. The number of nitrogens with zero attached hydrogens (tertiary/aromatic N) is 3. The number of aromatic amines is 1. The molecule has 0 bridgehead atoms. The summed E-state index contributed by atoms with van der Waals surface area (Å²) in [7, 11) is 0. The minimum atomic E-state index is -0.210. The molecule has 130 valence electrons. The number of H-pyrrole nitrogens is 1. The maximum Gasteiger partial charge on any atom is 0.258 e. The molecule has 0 unspecified atom stereocenters. The van der Waals surface area contributed by atoms with E-state index >= 15 is 0 Å². The van der Waals surface area contributed by atoms with Gasteiger partial charge in [0, 0.05) is 6.07 Å². The number of anilines is 1. The van der Waals surface area contributed by atoms with Gasteiger partial charge in [-0.1, -0.05) is 24.2 Å². The Morgan fingerprint density at radius 3 is 2.88 bits per heavy atom. The molecule has 0 spiro atoms. The van der Waals surface area contributed by atoms with Crippen LogP contribution in [0.2, 0.25) is 0 Å². The van der Waals surface area contributed by atoms with E-state index in [-0.39, 0.29) is 18.0 Å². The molecule has 1 aromatic carbocycles. The van der Waals surface area contributed by atoms with Gasteiger partial charge in [0.1, 0.15) is 11.6 Å². The van der Waals surface area contributed by atoms with E-state index in [1.165, 1.54) is 0 Å². The minimum Gasteiger partial charge on any atom is -0.360 e. The summed E-state index contributed by atoms with van der Waals surface area (Å²) < 4.78 is 4.92. The third-order valence-corrected chi connectivity index (χ3v) is 3.75. The predicted molar refractivity (Wildman–Crippen MR) is 93.2 cm³/mol. The maximum atomic E-state index is 12.1. The van der Waals surface area contributed by atoms with Crippen LogP contribution in [0.5, 0.6) is 0 Å². The number of carbonyl (C=O) groups is 1. The average molecular weight is 341 g/mol. The number of fused-ring (bicyclic) bond motifs is 1. The fourth-order valence-electron chi connectivity index (χ4n) is 2.51. The minimum absolute atomic E-state index is 0.152. The van der Waals surface area contributed by atoms with Crippen molar-refractivity contribution in [2.24, 2.45) is 0 Å². The zero-order chi connectivity index (χ0) is 17.8. The molecule has 0 aliphatic carbocycles. The first-order valence-corrected chi connectivity index (χ1v) is 7.98. The molecule has 3 rings (SSSR count). The molecular formula is C17H19N5O3. The molecule has 0 aliphatic rings. The maximum absolute atomic E-state index is 12.1. The monoisotopic (exact) mass is 341 g/mol. The van der Waals surface area contributed by atoms with Crippen molar-refractivity contribution in [2.75, 3.05) is 18.4 Å². The summed E-state index contributed by atoms with van der Waals surface area (Å²) in [5.41, 5.74) is 0.457. The second-order valence-electron chi connectivity index (χ2n) is 5.70. The Morgan fingerprint density at radius 2 is 2.16 bits per heavy atom. The second kappa shape index (κ2) is 7.27. The van der Waals surface area contributed by atoms with E-state index < -0.39 is 0 Å². The fraction of sp³-hybridized carbons (Fsp3) is 0.294. The largest absolute Gasteiger partial charge is 0.360 e. The Balaban J connectivity index is 1.69. The molecule has 0 saturated carbocycles. The topological polar surface area (TPSA) is 104 Å². The number of para-hydroxylation sites is 1. The third kappa shape index (κ3) is 4.10. The van der Waals surface area contributed by atoms with Crippen LogP contribution < -0.4 is 10.9 Å². The first kappa shape index (κ1) is 16.8. The highest BCUT2D eigenvalue weighted by Crippen LogP contribution is 2.09. The summed E-state index contributed by atoms with van der Waals surface area (Å²) in [6.07, 6.45) is 0. The van der Waals surface area contributed by atoms with Gasteiger partial charge >= 0.3 is 0 Å². The van der Waals surface area contributed by atoms with E-state index in [1.54, 1.807) is 31.2 Å². The zero-order valence-corrected chi connectivity index (χ0v) is 14.1. The average Bonchev–Trinajstić information content (AvgIpc) is 2.99. The van der Waals surface area contributed by atoms with Gasteiger partial charge in [-0.3, -0.25) is 14.5 Å². The van der Waals surface area contributed by atoms with E-state index in [4.69, 9.17) is 4.52 Å². The van der Waals surface area contributed by atoms with E-state index in [9.17, 15) is 9.59 Å². The molecule has 0 aliphatic heterocycles. The van der Waals surface area contributed by atoms with Gasteiger partial charge in [0.25, 0.3) is 5.56 Å². The number of hydrogen-bond acceptors (Lipinski definition) is 6. The van der Waals surface area contributed by atoms with Crippen LogP contribution >= 0.6 is 0 Å². The van der Waals surface area contributed by atoms with Crippen molar-refractivity contribution < 1.29 is 9.32 Å². The van der Waals surface area contributed by atoms with Crippen LogP contribution in [0, 0.1) is 6.92 Å². The quantitative estimate of drug-likeness (QED) is 0.707. The molecule has 8 heteroatoms. The highest BCUT2D eigenvalue weighted by Gasteiger charge is 2.13. The third-order valence-electron chi connectivity index (χ3n) is 3.75. The van der Waals surface area contributed by atoms with Gasteiger partial charge in [-0.05, 0) is 25.6 Å². The Kier molecular flexibility index (Phi) is 4.90. The Bertz CT molecular complexity index is 947. The van der Waals surface area contributed by atoms with Crippen molar-refractivity contribution in [3.63, 3.8) is 0 Å². The highest BCUT2D eigenvalue weighted by atomic mass is 16.5. The van der Waals surface area contributed by atoms with Crippen LogP contribution in [-0.4, -0.2) is 39.0 Å². The van der Waals surface area contributed by atoms with Gasteiger partial charge in [-0.25, -0.2) is 4.98 Å². The van der Waals surface area contributed by atoms with Crippen LogP contribution in [0.1, 0.15) is 18.5 Å². The molecule has 2 N–H and O–H groups in total. The molecule has 1 amide bonds. The summed E-state index contributed by atoms with van der Waals surface area (Å²) >= 11 is 0.